The minimum atomic E-state index is -3.61. The van der Waals surface area contributed by atoms with Crippen LogP contribution in [0.4, 0.5) is 5.13 Å². The van der Waals surface area contributed by atoms with E-state index in [9.17, 15) is 8.42 Å². The van der Waals surface area contributed by atoms with Gasteiger partial charge >= 0.3 is 0 Å². The quantitative estimate of drug-likeness (QED) is 0.677. The number of piperidine rings is 1. The Labute approximate surface area is 175 Å². The van der Waals surface area contributed by atoms with Gasteiger partial charge in [-0.1, -0.05) is 36.2 Å². The van der Waals surface area contributed by atoms with Crippen LogP contribution >= 0.6 is 35.3 Å². The average molecular weight is 448 g/mol. The zero-order chi connectivity index (χ0) is 18.4. The van der Waals surface area contributed by atoms with Gasteiger partial charge in [-0.05, 0) is 43.6 Å². The summed E-state index contributed by atoms with van der Waals surface area (Å²) < 4.78 is 27.1. The Balaban J connectivity index is 0.00000261. The average Bonchev–Trinajstić information content (AvgIpc) is 3.14. The predicted molar refractivity (Wildman–Crippen MR) is 115 cm³/mol. The molecule has 0 amide bonds. The van der Waals surface area contributed by atoms with Gasteiger partial charge in [-0.25, -0.2) is 13.4 Å². The Morgan fingerprint density at radius 3 is 2.56 bits per heavy atom. The maximum Gasteiger partial charge on any atom is 0.263 e. The predicted octanol–water partition coefficient (Wildman–Crippen LogP) is 4.52. The van der Waals surface area contributed by atoms with Crippen LogP contribution in [0.15, 0.2) is 51.8 Å². The van der Waals surface area contributed by atoms with Crippen LogP contribution in [0.25, 0.3) is 0 Å². The molecule has 0 unspecified atom stereocenters. The number of allylic oxidation sites excluding steroid dienone is 1. The zero-order valence-electron chi connectivity index (χ0n) is 14.8. The topological polar surface area (TPSA) is 62.3 Å². The van der Waals surface area contributed by atoms with Gasteiger partial charge in [0.2, 0.25) is 0 Å². The number of sulfonamides is 1. The minimum absolute atomic E-state index is 0. The molecule has 0 aliphatic carbocycles. The van der Waals surface area contributed by atoms with E-state index in [-0.39, 0.29) is 17.3 Å². The first-order chi connectivity index (χ1) is 12.5. The van der Waals surface area contributed by atoms with Crippen LogP contribution in [0.1, 0.15) is 24.8 Å². The van der Waals surface area contributed by atoms with E-state index >= 15 is 0 Å². The molecule has 1 saturated heterocycles. The third-order valence-electron chi connectivity index (χ3n) is 4.28. The summed E-state index contributed by atoms with van der Waals surface area (Å²) in [6.45, 7) is 3.15. The summed E-state index contributed by atoms with van der Waals surface area (Å²) in [5, 5.41) is 2.86. The molecule has 5 nitrogen and oxygen atoms in total. The maximum absolute atomic E-state index is 12.3. The molecule has 1 N–H and O–H groups in total. The van der Waals surface area contributed by atoms with Crippen LogP contribution in [0.5, 0.6) is 0 Å². The van der Waals surface area contributed by atoms with Crippen molar-refractivity contribution in [3.63, 3.8) is 0 Å². The summed E-state index contributed by atoms with van der Waals surface area (Å²) in [5.41, 5.74) is 0.984. The van der Waals surface area contributed by atoms with Gasteiger partial charge in [0.1, 0.15) is 0 Å². The van der Waals surface area contributed by atoms with Gasteiger partial charge in [0.15, 0.2) is 5.13 Å². The lowest BCUT2D eigenvalue weighted by Crippen LogP contribution is -2.29. The van der Waals surface area contributed by atoms with Gasteiger partial charge in [-0.15, -0.1) is 23.7 Å². The molecule has 0 saturated carbocycles. The minimum Gasteiger partial charge on any atom is -0.300 e. The Hall–Kier alpha value is -1.12. The van der Waals surface area contributed by atoms with E-state index in [0.29, 0.717) is 11.6 Å². The normalized spacial score (nSPS) is 16.0. The van der Waals surface area contributed by atoms with Crippen LogP contribution in [-0.2, 0) is 16.4 Å². The molecule has 0 spiro atoms. The first-order valence-electron chi connectivity index (χ1n) is 8.61. The Kier molecular flexibility index (Phi) is 8.57. The molecule has 1 aliphatic heterocycles. The first-order valence-corrected chi connectivity index (χ1v) is 11.4. The van der Waals surface area contributed by atoms with Crippen molar-refractivity contribution in [1.82, 2.24) is 9.88 Å². The number of halogens is 2. The van der Waals surface area contributed by atoms with Crippen molar-refractivity contribution in [2.24, 2.45) is 0 Å². The van der Waals surface area contributed by atoms with E-state index in [2.05, 4.69) is 20.7 Å². The molecule has 2 aromatic rings. The molecule has 1 aromatic carbocycles. The molecule has 27 heavy (non-hydrogen) atoms. The fraction of sp³-hybridized carbons (Fsp3) is 0.389. The third kappa shape index (κ3) is 6.76. The maximum atomic E-state index is 12.3. The van der Waals surface area contributed by atoms with Crippen molar-refractivity contribution in [3.8, 4) is 0 Å². The van der Waals surface area contributed by atoms with Crippen LogP contribution in [0.3, 0.4) is 0 Å². The van der Waals surface area contributed by atoms with Gasteiger partial charge in [-0.3, -0.25) is 9.62 Å². The molecule has 0 atom stereocenters. The lowest BCUT2D eigenvalue weighted by atomic mass is 10.1. The number of aromatic nitrogens is 1. The summed E-state index contributed by atoms with van der Waals surface area (Å²) in [7, 11) is -3.61. The van der Waals surface area contributed by atoms with E-state index in [4.69, 9.17) is 11.6 Å². The second-order valence-electron chi connectivity index (χ2n) is 6.28. The summed E-state index contributed by atoms with van der Waals surface area (Å²) in [4.78, 5) is 6.56. The number of hydrogen-bond donors (Lipinski definition) is 1. The monoisotopic (exact) mass is 447 g/mol. The van der Waals surface area contributed by atoms with E-state index in [1.165, 1.54) is 30.6 Å². The second-order valence-corrected chi connectivity index (χ2v) is 9.34. The summed E-state index contributed by atoms with van der Waals surface area (Å²) in [5.74, 6) is 0. The summed E-state index contributed by atoms with van der Waals surface area (Å²) >= 11 is 7.60. The van der Waals surface area contributed by atoms with E-state index < -0.39 is 10.0 Å². The van der Waals surface area contributed by atoms with Crippen LogP contribution < -0.4 is 4.72 Å². The number of nitrogens with zero attached hydrogens (tertiary/aromatic N) is 2. The Morgan fingerprint density at radius 2 is 1.93 bits per heavy atom. The van der Waals surface area contributed by atoms with Crippen LogP contribution in [-0.4, -0.2) is 37.9 Å². The number of anilines is 1. The van der Waals surface area contributed by atoms with E-state index in [1.807, 2.05) is 0 Å². The molecule has 1 fully saturated rings. The fourth-order valence-electron chi connectivity index (χ4n) is 2.87. The number of nitrogens with one attached hydrogen (secondary N) is 1. The molecule has 3 rings (SSSR count). The molecule has 1 aromatic heterocycles. The van der Waals surface area contributed by atoms with Crippen molar-refractivity contribution in [1.29, 1.82) is 0 Å². The highest BCUT2D eigenvalue weighted by atomic mass is 35.5. The second kappa shape index (κ2) is 10.4. The molecule has 1 aliphatic rings. The highest BCUT2D eigenvalue weighted by Gasteiger charge is 2.15. The van der Waals surface area contributed by atoms with Gasteiger partial charge in [-0.2, -0.15) is 0 Å². The van der Waals surface area contributed by atoms with Crippen molar-refractivity contribution in [3.05, 3.63) is 52.5 Å². The summed E-state index contributed by atoms with van der Waals surface area (Å²) in [6, 6.07) is 6.79. The lowest BCUT2D eigenvalue weighted by molar-refractivity contribution is 0.251. The van der Waals surface area contributed by atoms with Gasteiger partial charge in [0, 0.05) is 29.6 Å². The number of rotatable bonds is 7. The molecule has 0 radical (unpaired) electrons. The SMILES string of the molecule is Cl.O=S(=O)(Nc1nccs1)c1ccc(C/C(Cl)=C/CN2CCCCC2)cc1. The number of likely N-dealkylation sites (tertiary alicyclic amines) is 1. The van der Waals surface area contributed by atoms with Gasteiger partial charge in [0.05, 0.1) is 4.90 Å². The lowest BCUT2D eigenvalue weighted by Gasteiger charge is -2.25. The Morgan fingerprint density at radius 1 is 1.22 bits per heavy atom. The fourth-order valence-corrected chi connectivity index (χ4v) is 4.88. The molecule has 0 bridgehead atoms. The molecular formula is C18H23Cl2N3O2S2. The van der Waals surface area contributed by atoms with Crippen molar-refractivity contribution < 1.29 is 8.42 Å². The van der Waals surface area contributed by atoms with Gasteiger partial charge in [0.25, 0.3) is 10.0 Å². The number of hydrogen-bond acceptors (Lipinski definition) is 5. The van der Waals surface area contributed by atoms with Crippen molar-refractivity contribution >= 4 is 50.5 Å². The van der Waals surface area contributed by atoms with Crippen LogP contribution in [0, 0.1) is 0 Å². The number of thiazole rings is 1. The zero-order valence-corrected chi connectivity index (χ0v) is 18.0. The van der Waals surface area contributed by atoms with Gasteiger partial charge < -0.3 is 0 Å². The highest BCUT2D eigenvalue weighted by Crippen LogP contribution is 2.20. The standard InChI is InChI=1S/C18H22ClN3O2S2.ClH/c19-16(8-12-22-10-2-1-3-11-22)14-15-4-6-17(7-5-15)26(23,24)21-18-20-9-13-25-18;/h4-9,13H,1-3,10-12,14H2,(H,20,21);1H/b16-8-;. The summed E-state index contributed by atoms with van der Waals surface area (Å²) in [6.07, 6.45) is 8.06. The smallest absolute Gasteiger partial charge is 0.263 e. The number of benzene rings is 1. The van der Waals surface area contributed by atoms with Crippen molar-refractivity contribution in [2.75, 3.05) is 24.4 Å². The van der Waals surface area contributed by atoms with Crippen LogP contribution in [0.2, 0.25) is 0 Å². The van der Waals surface area contributed by atoms with Crippen molar-refractivity contribution in [2.45, 2.75) is 30.6 Å². The van der Waals surface area contributed by atoms with E-state index in [0.717, 1.165) is 30.2 Å². The molecular weight excluding hydrogens is 425 g/mol. The molecule has 2 heterocycles. The molecule has 148 valence electrons. The highest BCUT2D eigenvalue weighted by molar-refractivity contribution is 7.93. The van der Waals surface area contributed by atoms with E-state index in [1.54, 1.807) is 35.8 Å². The molecule has 9 heteroatoms. The first kappa shape index (κ1) is 22.2. The third-order valence-corrected chi connectivity index (χ3v) is 6.74. The largest absolute Gasteiger partial charge is 0.300 e. The Bertz CT molecular complexity index is 832.